The van der Waals surface area contributed by atoms with Crippen LogP contribution in [0.25, 0.3) is 0 Å². The molecule has 0 amide bonds. The molecule has 0 atom stereocenters. The summed E-state index contributed by atoms with van der Waals surface area (Å²) >= 11 is 0. The Morgan fingerprint density at radius 3 is 2.59 bits per heavy atom. The molecule has 0 spiro atoms. The Labute approximate surface area is 99.4 Å². The van der Waals surface area contributed by atoms with Crippen molar-refractivity contribution < 1.29 is 14.5 Å². The number of hydrogen-bond acceptors (Lipinski definition) is 5. The van der Waals surface area contributed by atoms with Gasteiger partial charge in [-0.05, 0) is 12.1 Å². The summed E-state index contributed by atoms with van der Waals surface area (Å²) in [4.78, 5) is 15.2. The van der Waals surface area contributed by atoms with Crippen molar-refractivity contribution in [1.82, 2.24) is 0 Å². The van der Waals surface area contributed by atoms with E-state index in [9.17, 15) is 10.1 Å². The third kappa shape index (κ3) is 2.92. The summed E-state index contributed by atoms with van der Waals surface area (Å²) in [5.74, 6) is 5.49. The molecule has 1 rings (SSSR count). The third-order valence-corrected chi connectivity index (χ3v) is 2.57. The molecule has 0 saturated heterocycles. The van der Waals surface area contributed by atoms with E-state index in [1.165, 1.54) is 13.2 Å². The lowest BCUT2D eigenvalue weighted by Gasteiger charge is -2.23. The van der Waals surface area contributed by atoms with Gasteiger partial charge >= 0.3 is 0 Å². The number of methoxy groups -OCH3 is 1. The van der Waals surface area contributed by atoms with Crippen molar-refractivity contribution in [2.75, 3.05) is 13.7 Å². The van der Waals surface area contributed by atoms with Crippen LogP contribution in [0, 0.1) is 10.1 Å². The van der Waals surface area contributed by atoms with Gasteiger partial charge in [-0.2, -0.15) is 0 Å². The van der Waals surface area contributed by atoms with Crippen molar-refractivity contribution in [2.24, 2.45) is 5.90 Å². The van der Waals surface area contributed by atoms with E-state index in [1.807, 2.05) is 13.8 Å². The van der Waals surface area contributed by atoms with Crippen LogP contribution in [0.3, 0.4) is 0 Å². The van der Waals surface area contributed by atoms with E-state index < -0.39 is 10.3 Å². The summed E-state index contributed by atoms with van der Waals surface area (Å²) in [7, 11) is 1.47. The predicted molar refractivity (Wildman–Crippen MR) is 62.8 cm³/mol. The molecule has 0 aliphatic heterocycles. The maximum Gasteiger partial charge on any atom is 0.276 e. The fourth-order valence-electron chi connectivity index (χ4n) is 1.65. The molecule has 94 valence electrons. The van der Waals surface area contributed by atoms with E-state index in [0.29, 0.717) is 11.3 Å². The first kappa shape index (κ1) is 13.4. The SMILES string of the molecule is COc1ccc(C(C)(C)CON)c([N+](=O)[O-])c1. The molecule has 1 aromatic rings. The Morgan fingerprint density at radius 1 is 1.47 bits per heavy atom. The molecule has 0 aliphatic carbocycles. The predicted octanol–water partition coefficient (Wildman–Crippen LogP) is 1.77. The van der Waals surface area contributed by atoms with Crippen LogP contribution in [0.4, 0.5) is 5.69 Å². The lowest BCUT2D eigenvalue weighted by atomic mass is 9.84. The molecule has 2 N–H and O–H groups in total. The molecule has 17 heavy (non-hydrogen) atoms. The van der Waals surface area contributed by atoms with Gasteiger partial charge in [-0.3, -0.25) is 10.1 Å². The molecule has 0 saturated carbocycles. The number of hydrogen-bond donors (Lipinski definition) is 1. The minimum atomic E-state index is -0.538. The van der Waals surface area contributed by atoms with E-state index in [-0.39, 0.29) is 12.3 Å². The summed E-state index contributed by atoms with van der Waals surface area (Å²) < 4.78 is 4.97. The molecule has 6 heteroatoms. The lowest BCUT2D eigenvalue weighted by molar-refractivity contribution is -0.386. The van der Waals surface area contributed by atoms with Gasteiger partial charge < -0.3 is 9.57 Å². The molecule has 1 aromatic carbocycles. The van der Waals surface area contributed by atoms with Crippen molar-refractivity contribution in [3.05, 3.63) is 33.9 Å². The fraction of sp³-hybridized carbons (Fsp3) is 0.455. The van der Waals surface area contributed by atoms with Gasteiger partial charge in [0, 0.05) is 11.0 Å². The first-order chi connectivity index (χ1) is 7.92. The fourth-order valence-corrected chi connectivity index (χ4v) is 1.65. The van der Waals surface area contributed by atoms with Crippen LogP contribution in [-0.2, 0) is 10.3 Å². The minimum absolute atomic E-state index is 0.00593. The topological polar surface area (TPSA) is 87.6 Å². The van der Waals surface area contributed by atoms with Crippen molar-refractivity contribution >= 4 is 5.69 Å². The Balaban J connectivity index is 3.28. The normalized spacial score (nSPS) is 11.3. The molecule has 0 fully saturated rings. The summed E-state index contributed by atoms with van der Waals surface area (Å²) in [6, 6.07) is 4.74. The zero-order valence-electron chi connectivity index (χ0n) is 10.1. The molecular weight excluding hydrogens is 224 g/mol. The van der Waals surface area contributed by atoms with Gasteiger partial charge in [0.25, 0.3) is 5.69 Å². The number of nitrogens with zero attached hydrogens (tertiary/aromatic N) is 1. The summed E-state index contributed by atoms with van der Waals surface area (Å²) in [5.41, 5.74) is 0.0313. The number of ether oxygens (including phenoxy) is 1. The minimum Gasteiger partial charge on any atom is -0.497 e. The van der Waals surface area contributed by atoms with Gasteiger partial charge in [0.05, 0.1) is 24.7 Å². The van der Waals surface area contributed by atoms with Gasteiger partial charge in [0.1, 0.15) is 5.75 Å². The van der Waals surface area contributed by atoms with E-state index in [1.54, 1.807) is 12.1 Å². The standard InChI is InChI=1S/C11H16N2O4/c1-11(2,7-17-12)9-5-4-8(16-3)6-10(9)13(14)15/h4-6H,7,12H2,1-3H3. The Bertz CT molecular complexity index is 418. The highest BCUT2D eigenvalue weighted by Crippen LogP contribution is 2.34. The van der Waals surface area contributed by atoms with E-state index in [0.717, 1.165) is 0 Å². The number of benzene rings is 1. The maximum atomic E-state index is 11.0. The van der Waals surface area contributed by atoms with Crippen LogP contribution in [0.1, 0.15) is 19.4 Å². The second kappa shape index (κ2) is 5.11. The van der Waals surface area contributed by atoms with Crippen LogP contribution in [-0.4, -0.2) is 18.6 Å². The van der Waals surface area contributed by atoms with Crippen molar-refractivity contribution in [2.45, 2.75) is 19.3 Å². The Morgan fingerprint density at radius 2 is 2.12 bits per heavy atom. The number of rotatable bonds is 5. The first-order valence-corrected chi connectivity index (χ1v) is 5.07. The van der Waals surface area contributed by atoms with Crippen LogP contribution in [0.15, 0.2) is 18.2 Å². The second-order valence-electron chi connectivity index (χ2n) is 4.34. The van der Waals surface area contributed by atoms with Gasteiger partial charge in [0.15, 0.2) is 0 Å². The Kier molecular flexibility index (Phi) is 4.03. The van der Waals surface area contributed by atoms with E-state index in [4.69, 9.17) is 10.6 Å². The molecule has 0 unspecified atom stereocenters. The average molecular weight is 240 g/mol. The van der Waals surface area contributed by atoms with Crippen LogP contribution in [0.2, 0.25) is 0 Å². The zero-order chi connectivity index (χ0) is 13.1. The van der Waals surface area contributed by atoms with Crippen LogP contribution < -0.4 is 10.6 Å². The summed E-state index contributed by atoms with van der Waals surface area (Å²) in [5, 5.41) is 11.0. The second-order valence-corrected chi connectivity index (χ2v) is 4.34. The zero-order valence-corrected chi connectivity index (χ0v) is 10.1. The smallest absolute Gasteiger partial charge is 0.276 e. The molecule has 0 aromatic heterocycles. The van der Waals surface area contributed by atoms with Gasteiger partial charge in [-0.1, -0.05) is 13.8 Å². The number of nitro groups is 1. The van der Waals surface area contributed by atoms with E-state index >= 15 is 0 Å². The molecular formula is C11H16N2O4. The molecule has 6 nitrogen and oxygen atoms in total. The maximum absolute atomic E-state index is 11.0. The quantitative estimate of drug-likeness (QED) is 0.626. The summed E-state index contributed by atoms with van der Waals surface area (Å²) in [6.07, 6.45) is 0. The van der Waals surface area contributed by atoms with E-state index in [2.05, 4.69) is 4.84 Å². The van der Waals surface area contributed by atoms with Crippen LogP contribution >= 0.6 is 0 Å². The highest BCUT2D eigenvalue weighted by atomic mass is 16.6. The third-order valence-electron chi connectivity index (χ3n) is 2.57. The molecule has 0 radical (unpaired) electrons. The lowest BCUT2D eigenvalue weighted by Crippen LogP contribution is -2.27. The first-order valence-electron chi connectivity index (χ1n) is 5.07. The highest BCUT2D eigenvalue weighted by molar-refractivity contribution is 5.49. The van der Waals surface area contributed by atoms with Crippen molar-refractivity contribution in [3.8, 4) is 5.75 Å². The molecule has 0 bridgehead atoms. The van der Waals surface area contributed by atoms with Gasteiger partial charge in [-0.25, -0.2) is 5.90 Å². The van der Waals surface area contributed by atoms with Crippen molar-refractivity contribution in [3.63, 3.8) is 0 Å². The summed E-state index contributed by atoms with van der Waals surface area (Å²) in [6.45, 7) is 3.85. The highest BCUT2D eigenvalue weighted by Gasteiger charge is 2.29. The average Bonchev–Trinajstić information content (AvgIpc) is 2.28. The Hall–Kier alpha value is -1.66. The number of nitro benzene ring substituents is 1. The van der Waals surface area contributed by atoms with Gasteiger partial charge in [-0.15, -0.1) is 0 Å². The van der Waals surface area contributed by atoms with Crippen LogP contribution in [0.5, 0.6) is 5.75 Å². The monoisotopic (exact) mass is 240 g/mol. The largest absolute Gasteiger partial charge is 0.497 e. The molecule has 0 heterocycles. The number of nitrogens with two attached hydrogens (primary N) is 1. The van der Waals surface area contributed by atoms with Gasteiger partial charge in [0.2, 0.25) is 0 Å². The molecule has 0 aliphatic rings. The van der Waals surface area contributed by atoms with Crippen molar-refractivity contribution in [1.29, 1.82) is 0 Å².